The van der Waals surface area contributed by atoms with Crippen LogP contribution in [0, 0.1) is 34.5 Å². The molecule has 8 rings (SSSR count). The molecule has 8 heteroatoms. The van der Waals surface area contributed by atoms with Crippen molar-refractivity contribution >= 4 is 17.8 Å². The number of carbonyl (C=O) groups excluding carboxylic acids is 3. The van der Waals surface area contributed by atoms with E-state index in [1.807, 2.05) is 18.2 Å². The predicted octanol–water partition coefficient (Wildman–Crippen LogP) is 5.10. The van der Waals surface area contributed by atoms with Gasteiger partial charge >= 0.3 is 5.97 Å². The molecule has 2 aliphatic heterocycles. The Morgan fingerprint density at radius 3 is 2.49 bits per heavy atom. The lowest BCUT2D eigenvalue weighted by Gasteiger charge is -2.57. The molecule has 220 valence electrons. The molecule has 5 fully saturated rings. The van der Waals surface area contributed by atoms with Crippen molar-refractivity contribution in [2.24, 2.45) is 34.5 Å². The van der Waals surface area contributed by atoms with Crippen LogP contribution < -0.4 is 14.8 Å². The van der Waals surface area contributed by atoms with Crippen LogP contribution in [0.3, 0.4) is 0 Å². The van der Waals surface area contributed by atoms with Crippen molar-refractivity contribution in [2.75, 3.05) is 20.4 Å². The quantitative estimate of drug-likeness (QED) is 0.465. The maximum Gasteiger partial charge on any atom is 0.317 e. The summed E-state index contributed by atoms with van der Waals surface area (Å²) in [5.74, 6) is 2.73. The van der Waals surface area contributed by atoms with Crippen LogP contribution in [-0.2, 0) is 25.7 Å². The maximum absolute atomic E-state index is 14.1. The first-order chi connectivity index (χ1) is 19.9. The number of likely N-dealkylation sites (tertiary alicyclic amines) is 1. The fourth-order valence-corrected chi connectivity index (χ4v) is 9.67. The lowest BCUT2D eigenvalue weighted by Crippen LogP contribution is -2.54. The molecule has 1 N–H and O–H groups in total. The van der Waals surface area contributed by atoms with Gasteiger partial charge in [0.2, 0.25) is 18.6 Å². The van der Waals surface area contributed by atoms with Gasteiger partial charge in [-0.2, -0.15) is 0 Å². The average molecular weight is 563 g/mol. The summed E-state index contributed by atoms with van der Waals surface area (Å²) in [7, 11) is 1.42. The molecule has 41 heavy (non-hydrogen) atoms. The van der Waals surface area contributed by atoms with E-state index in [0.29, 0.717) is 37.4 Å². The predicted molar refractivity (Wildman–Crippen MR) is 150 cm³/mol. The molecular weight excluding hydrogens is 520 g/mol. The Balaban J connectivity index is 1.12. The molecule has 0 spiro atoms. The number of carbonyl (C=O) groups is 3. The van der Waals surface area contributed by atoms with Gasteiger partial charge in [0.25, 0.3) is 0 Å². The Bertz CT molecular complexity index is 1240. The molecular formula is C33H42N2O6. The smallest absolute Gasteiger partial charge is 0.317 e. The van der Waals surface area contributed by atoms with Crippen LogP contribution in [0.25, 0.3) is 0 Å². The Morgan fingerprint density at radius 2 is 1.76 bits per heavy atom. The molecule has 4 bridgehead atoms. The molecule has 5 aliphatic carbocycles. The number of allylic oxidation sites excluding steroid dienone is 1. The van der Waals surface area contributed by atoms with Gasteiger partial charge in [-0.3, -0.25) is 14.4 Å². The number of piperidine rings is 1. The van der Waals surface area contributed by atoms with E-state index >= 15 is 0 Å². The number of nitrogens with one attached hydrogen (secondary N) is 1. The van der Waals surface area contributed by atoms with E-state index in [-0.39, 0.29) is 36.4 Å². The summed E-state index contributed by atoms with van der Waals surface area (Å²) in [6.45, 7) is 1.19. The second-order valence-corrected chi connectivity index (χ2v) is 13.8. The highest BCUT2D eigenvalue weighted by Crippen LogP contribution is 2.59. The lowest BCUT2D eigenvalue weighted by molar-refractivity contribution is -0.160. The Morgan fingerprint density at radius 1 is 1.02 bits per heavy atom. The lowest BCUT2D eigenvalue weighted by atomic mass is 9.49. The molecule has 8 nitrogen and oxygen atoms in total. The third-order valence-corrected chi connectivity index (χ3v) is 11.0. The molecule has 4 saturated carbocycles. The number of esters is 1. The molecule has 0 unspecified atom stereocenters. The number of nitrogens with zero attached hydrogens (tertiary/aromatic N) is 1. The highest BCUT2D eigenvalue weighted by Gasteiger charge is 2.54. The Hall–Kier alpha value is -3.03. The summed E-state index contributed by atoms with van der Waals surface area (Å²) in [5.41, 5.74) is 0.921. The average Bonchev–Trinajstić information content (AvgIpc) is 3.31. The first-order valence-corrected chi connectivity index (χ1v) is 15.6. The van der Waals surface area contributed by atoms with E-state index in [4.69, 9.17) is 14.2 Å². The van der Waals surface area contributed by atoms with Gasteiger partial charge in [-0.25, -0.2) is 0 Å². The van der Waals surface area contributed by atoms with Crippen molar-refractivity contribution in [3.05, 3.63) is 35.5 Å². The van der Waals surface area contributed by atoms with Gasteiger partial charge in [0.1, 0.15) is 5.41 Å². The molecule has 1 aromatic carbocycles. The molecule has 0 aromatic heterocycles. The molecule has 1 aromatic rings. The summed E-state index contributed by atoms with van der Waals surface area (Å²) in [6, 6.07) is 5.69. The van der Waals surface area contributed by atoms with E-state index in [0.717, 1.165) is 48.3 Å². The summed E-state index contributed by atoms with van der Waals surface area (Å²) in [5, 5.41) is 3.27. The highest BCUT2D eigenvalue weighted by molar-refractivity contribution is 5.92. The van der Waals surface area contributed by atoms with Crippen molar-refractivity contribution in [1.82, 2.24) is 10.2 Å². The van der Waals surface area contributed by atoms with E-state index in [2.05, 4.69) is 11.4 Å². The molecule has 2 atom stereocenters. The minimum Gasteiger partial charge on any atom is -0.468 e. The Kier molecular flexibility index (Phi) is 6.78. The topological polar surface area (TPSA) is 94.2 Å². The van der Waals surface area contributed by atoms with Gasteiger partial charge in [-0.05, 0) is 105 Å². The van der Waals surface area contributed by atoms with Crippen LogP contribution >= 0.6 is 0 Å². The van der Waals surface area contributed by atoms with Crippen LogP contribution in [0.4, 0.5) is 0 Å². The third-order valence-electron chi connectivity index (χ3n) is 11.0. The monoisotopic (exact) mass is 562 g/mol. The van der Waals surface area contributed by atoms with Gasteiger partial charge in [0, 0.05) is 24.6 Å². The Labute approximate surface area is 242 Å². The zero-order valence-electron chi connectivity index (χ0n) is 24.1. The molecule has 2 amide bonds. The number of hydrogen-bond donors (Lipinski definition) is 1. The standard InChI is InChI=1S/C33H42N2O6/c1-39-31(38)33-8-4-2-3-5-28(33)35(18-21-6-7-26-27(12-21)41-20-40-26)30(37)25(17-33)13-29(36)34-19-32-14-22-9-23(15-32)11-24(10-22)16-32/h5-7,12,22-25H,2-4,8-11,13-20H2,1H3,(H,34,36)/t22?,23?,24?,25-,32?,33+/m1/s1. The minimum absolute atomic E-state index is 0.0804. The van der Waals surface area contributed by atoms with Gasteiger partial charge in [0.05, 0.1) is 13.7 Å². The number of fused-ring (bicyclic) bond motifs is 2. The summed E-state index contributed by atoms with van der Waals surface area (Å²) < 4.78 is 16.4. The van der Waals surface area contributed by atoms with Gasteiger partial charge in [-0.1, -0.05) is 18.6 Å². The zero-order valence-corrected chi connectivity index (χ0v) is 24.1. The van der Waals surface area contributed by atoms with E-state index in [1.54, 1.807) is 4.90 Å². The SMILES string of the molecule is COC(=O)[C@]12CCCCC=C1N(Cc1ccc3c(c1)OCO3)C(=O)[C@H](CC(=O)NCC13CC4CC(CC(C4)C1)C3)C2. The van der Waals surface area contributed by atoms with E-state index in [9.17, 15) is 14.4 Å². The largest absolute Gasteiger partial charge is 0.468 e. The van der Waals surface area contributed by atoms with Crippen molar-refractivity contribution < 1.29 is 28.6 Å². The summed E-state index contributed by atoms with van der Waals surface area (Å²) >= 11 is 0. The third kappa shape index (κ3) is 4.81. The first-order valence-electron chi connectivity index (χ1n) is 15.6. The first kappa shape index (κ1) is 26.8. The fourth-order valence-electron chi connectivity index (χ4n) is 9.67. The number of methoxy groups -OCH3 is 1. The van der Waals surface area contributed by atoms with Crippen LogP contribution in [-0.4, -0.2) is 43.1 Å². The minimum atomic E-state index is -0.930. The summed E-state index contributed by atoms with van der Waals surface area (Å²) in [4.78, 5) is 42.9. The zero-order chi connectivity index (χ0) is 28.2. The molecule has 7 aliphatic rings. The molecule has 2 heterocycles. The molecule has 1 saturated heterocycles. The fraction of sp³-hybridized carbons (Fsp3) is 0.667. The second-order valence-electron chi connectivity index (χ2n) is 13.8. The summed E-state index contributed by atoms with van der Waals surface area (Å²) in [6.07, 6.45) is 13.5. The van der Waals surface area contributed by atoms with Crippen molar-refractivity contribution in [1.29, 1.82) is 0 Å². The van der Waals surface area contributed by atoms with Crippen molar-refractivity contribution in [3.8, 4) is 11.5 Å². The van der Waals surface area contributed by atoms with Gasteiger partial charge in [0.15, 0.2) is 11.5 Å². The van der Waals surface area contributed by atoms with E-state index in [1.165, 1.54) is 45.6 Å². The number of ether oxygens (including phenoxy) is 3. The van der Waals surface area contributed by atoms with Crippen LogP contribution in [0.2, 0.25) is 0 Å². The number of rotatable bonds is 7. The number of amides is 2. The van der Waals surface area contributed by atoms with Crippen LogP contribution in [0.1, 0.15) is 82.6 Å². The van der Waals surface area contributed by atoms with Crippen LogP contribution in [0.5, 0.6) is 11.5 Å². The van der Waals surface area contributed by atoms with Gasteiger partial charge < -0.3 is 24.4 Å². The normalized spacial score (nSPS) is 35.0. The number of hydrogen-bond acceptors (Lipinski definition) is 6. The van der Waals surface area contributed by atoms with Crippen molar-refractivity contribution in [2.45, 2.75) is 83.6 Å². The number of benzene rings is 1. The van der Waals surface area contributed by atoms with E-state index < -0.39 is 11.3 Å². The van der Waals surface area contributed by atoms with Crippen LogP contribution in [0.15, 0.2) is 30.0 Å². The highest BCUT2D eigenvalue weighted by atomic mass is 16.7. The van der Waals surface area contributed by atoms with Gasteiger partial charge in [-0.15, -0.1) is 0 Å². The van der Waals surface area contributed by atoms with Crippen molar-refractivity contribution in [3.63, 3.8) is 0 Å². The molecule has 0 radical (unpaired) electrons. The second kappa shape index (κ2) is 10.4. The maximum atomic E-state index is 14.1.